The van der Waals surface area contributed by atoms with Crippen LogP contribution in [0.5, 0.6) is 0 Å². The van der Waals surface area contributed by atoms with E-state index in [4.69, 9.17) is 11.6 Å². The summed E-state index contributed by atoms with van der Waals surface area (Å²) in [6.45, 7) is 5.57. The summed E-state index contributed by atoms with van der Waals surface area (Å²) < 4.78 is 0. The number of carbonyl (C=O) groups excluding carboxylic acids is 1. The summed E-state index contributed by atoms with van der Waals surface area (Å²) in [4.78, 5) is 23.3. The molecule has 3 rings (SSSR count). The Morgan fingerprint density at radius 1 is 1.44 bits per heavy atom. The number of aliphatic hydroxyl groups excluding tert-OH is 1. The van der Waals surface area contributed by atoms with Gasteiger partial charge < -0.3 is 15.3 Å². The zero-order valence-corrected chi connectivity index (χ0v) is 16.5. The molecule has 1 aromatic heterocycles. The Bertz CT molecular complexity index is 828. The molecule has 0 aliphatic carbocycles. The summed E-state index contributed by atoms with van der Waals surface area (Å²) in [5.41, 5.74) is 3.97. The van der Waals surface area contributed by atoms with Gasteiger partial charge in [-0.1, -0.05) is 30.7 Å². The third kappa shape index (κ3) is 4.96. The van der Waals surface area contributed by atoms with Crippen molar-refractivity contribution in [3.05, 3.63) is 57.6 Å². The summed E-state index contributed by atoms with van der Waals surface area (Å²) in [7, 11) is 0. The maximum absolute atomic E-state index is 12.5. The van der Waals surface area contributed by atoms with Crippen molar-refractivity contribution in [2.24, 2.45) is 5.92 Å². The van der Waals surface area contributed by atoms with Gasteiger partial charge in [0.15, 0.2) is 0 Å². The largest absolute Gasteiger partial charge is 0.396 e. The van der Waals surface area contributed by atoms with Crippen LogP contribution in [0.3, 0.4) is 0 Å². The summed E-state index contributed by atoms with van der Waals surface area (Å²) in [5, 5.41) is 12.9. The van der Waals surface area contributed by atoms with Gasteiger partial charge in [-0.2, -0.15) is 0 Å². The third-order valence-corrected chi connectivity index (χ3v) is 5.21. The molecule has 7 heteroatoms. The molecular formula is C20H25ClN4O2. The van der Waals surface area contributed by atoms with Gasteiger partial charge in [0.1, 0.15) is 5.82 Å². The smallest absolute Gasteiger partial charge is 0.318 e. The maximum atomic E-state index is 12.5. The van der Waals surface area contributed by atoms with Crippen LogP contribution in [0.25, 0.3) is 0 Å². The molecular weight excluding hydrogens is 364 g/mol. The fraction of sp³-hybridized carbons (Fsp3) is 0.450. The number of amides is 2. The Hall–Kier alpha value is -2.18. The Labute approximate surface area is 164 Å². The van der Waals surface area contributed by atoms with Crippen molar-refractivity contribution < 1.29 is 9.90 Å². The van der Waals surface area contributed by atoms with Crippen LogP contribution in [0.1, 0.15) is 35.1 Å². The van der Waals surface area contributed by atoms with E-state index in [-0.39, 0.29) is 18.6 Å². The molecule has 0 saturated heterocycles. The monoisotopic (exact) mass is 388 g/mol. The third-order valence-electron chi connectivity index (χ3n) is 4.81. The van der Waals surface area contributed by atoms with E-state index in [2.05, 4.69) is 15.3 Å². The second-order valence-corrected chi connectivity index (χ2v) is 7.57. The zero-order chi connectivity index (χ0) is 19.4. The Morgan fingerprint density at radius 3 is 3.00 bits per heavy atom. The summed E-state index contributed by atoms with van der Waals surface area (Å²) in [5.74, 6) is 0.833. The molecule has 1 aromatic carbocycles. The molecule has 0 bridgehead atoms. The average Bonchev–Trinajstić information content (AvgIpc) is 2.68. The number of benzene rings is 1. The Morgan fingerprint density at radius 2 is 2.26 bits per heavy atom. The molecule has 1 aliphatic rings. The summed E-state index contributed by atoms with van der Waals surface area (Å²) >= 11 is 6.14. The Balaban J connectivity index is 1.61. The quantitative estimate of drug-likeness (QED) is 0.825. The number of aliphatic hydroxyl groups is 1. The van der Waals surface area contributed by atoms with Crippen LogP contribution in [0.4, 0.5) is 4.79 Å². The predicted molar refractivity (Wildman–Crippen MR) is 105 cm³/mol. The van der Waals surface area contributed by atoms with Gasteiger partial charge in [0.05, 0.1) is 12.2 Å². The number of halogens is 1. The van der Waals surface area contributed by atoms with Crippen molar-refractivity contribution in [3.63, 3.8) is 0 Å². The molecule has 1 atom stereocenters. The van der Waals surface area contributed by atoms with Crippen LogP contribution in [0.15, 0.2) is 24.4 Å². The van der Waals surface area contributed by atoms with Gasteiger partial charge in [0.2, 0.25) is 0 Å². The number of rotatable bonds is 5. The van der Waals surface area contributed by atoms with Gasteiger partial charge in [0.25, 0.3) is 0 Å². The van der Waals surface area contributed by atoms with Gasteiger partial charge in [-0.05, 0) is 42.0 Å². The molecule has 2 amide bonds. The number of urea groups is 1. The molecule has 2 heterocycles. The van der Waals surface area contributed by atoms with E-state index in [0.29, 0.717) is 36.9 Å². The molecule has 0 radical (unpaired) electrons. The van der Waals surface area contributed by atoms with Crippen molar-refractivity contribution in [1.29, 1.82) is 0 Å². The van der Waals surface area contributed by atoms with E-state index >= 15 is 0 Å². The summed E-state index contributed by atoms with van der Waals surface area (Å²) in [6.07, 6.45) is 3.23. The lowest BCUT2D eigenvalue weighted by atomic mass is 10.1. The van der Waals surface area contributed by atoms with E-state index in [1.807, 2.05) is 38.2 Å². The predicted octanol–water partition coefficient (Wildman–Crippen LogP) is 2.88. The average molecular weight is 389 g/mol. The van der Waals surface area contributed by atoms with Crippen LogP contribution >= 0.6 is 11.6 Å². The minimum absolute atomic E-state index is 0.109. The SMILES string of the molecule is Cc1ccc(CNC(=O)N2CCc3cnc(C[C@@H](C)CO)nc3C2)cc1Cl. The number of nitrogens with zero attached hydrogens (tertiary/aromatic N) is 3. The van der Waals surface area contributed by atoms with Crippen LogP contribution in [0.2, 0.25) is 5.02 Å². The first-order valence-electron chi connectivity index (χ1n) is 9.18. The van der Waals surface area contributed by atoms with Crippen molar-refractivity contribution >= 4 is 17.6 Å². The number of aromatic nitrogens is 2. The zero-order valence-electron chi connectivity index (χ0n) is 15.7. The second kappa shape index (κ2) is 8.67. The normalized spacial score (nSPS) is 14.6. The highest BCUT2D eigenvalue weighted by atomic mass is 35.5. The molecule has 27 heavy (non-hydrogen) atoms. The highest BCUT2D eigenvalue weighted by Gasteiger charge is 2.22. The molecule has 2 N–H and O–H groups in total. The van der Waals surface area contributed by atoms with Gasteiger partial charge in [-0.3, -0.25) is 0 Å². The summed E-state index contributed by atoms with van der Waals surface area (Å²) in [6, 6.07) is 5.69. The van der Waals surface area contributed by atoms with Crippen LogP contribution in [-0.2, 0) is 25.9 Å². The first kappa shape index (κ1) is 19.6. The first-order valence-corrected chi connectivity index (χ1v) is 9.56. The molecule has 0 spiro atoms. The van der Waals surface area contributed by atoms with Crippen LogP contribution < -0.4 is 5.32 Å². The van der Waals surface area contributed by atoms with Crippen molar-refractivity contribution in [2.45, 2.75) is 39.8 Å². The highest BCUT2D eigenvalue weighted by molar-refractivity contribution is 6.31. The second-order valence-electron chi connectivity index (χ2n) is 7.16. The first-order chi connectivity index (χ1) is 13.0. The van der Waals surface area contributed by atoms with E-state index < -0.39 is 0 Å². The van der Waals surface area contributed by atoms with Crippen LogP contribution in [-0.4, -0.2) is 39.2 Å². The molecule has 6 nitrogen and oxygen atoms in total. The van der Waals surface area contributed by atoms with E-state index in [9.17, 15) is 9.90 Å². The fourth-order valence-corrected chi connectivity index (χ4v) is 3.23. The van der Waals surface area contributed by atoms with E-state index in [0.717, 1.165) is 28.8 Å². The molecule has 0 fully saturated rings. The number of hydrogen-bond donors (Lipinski definition) is 2. The van der Waals surface area contributed by atoms with Gasteiger partial charge >= 0.3 is 6.03 Å². The lowest BCUT2D eigenvalue weighted by Crippen LogP contribution is -2.42. The lowest BCUT2D eigenvalue weighted by Gasteiger charge is -2.28. The molecule has 2 aromatic rings. The highest BCUT2D eigenvalue weighted by Crippen LogP contribution is 2.19. The number of carbonyl (C=O) groups is 1. The number of aryl methyl sites for hydroxylation is 1. The van der Waals surface area contributed by atoms with Crippen molar-refractivity contribution in [3.8, 4) is 0 Å². The van der Waals surface area contributed by atoms with Crippen LogP contribution in [0, 0.1) is 12.8 Å². The van der Waals surface area contributed by atoms with E-state index in [1.54, 1.807) is 4.90 Å². The van der Waals surface area contributed by atoms with E-state index in [1.165, 1.54) is 0 Å². The Kier molecular flexibility index (Phi) is 6.29. The van der Waals surface area contributed by atoms with Gasteiger partial charge in [-0.15, -0.1) is 0 Å². The molecule has 0 unspecified atom stereocenters. The molecule has 1 aliphatic heterocycles. The lowest BCUT2D eigenvalue weighted by molar-refractivity contribution is 0.190. The standard InChI is InChI=1S/C20H25ClN4O2/c1-13(12-26)7-19-22-10-16-5-6-25(11-18(16)24-19)20(27)23-9-15-4-3-14(2)17(21)8-15/h3-4,8,10,13,26H,5-7,9,11-12H2,1-2H3,(H,23,27)/t13-/m1/s1. The minimum Gasteiger partial charge on any atom is -0.396 e. The minimum atomic E-state index is -0.110. The van der Waals surface area contributed by atoms with Gasteiger partial charge in [-0.25, -0.2) is 14.8 Å². The number of nitrogens with one attached hydrogen (secondary N) is 1. The topological polar surface area (TPSA) is 78.4 Å². The van der Waals surface area contributed by atoms with Crippen molar-refractivity contribution in [2.75, 3.05) is 13.2 Å². The number of fused-ring (bicyclic) bond motifs is 1. The number of hydrogen-bond acceptors (Lipinski definition) is 4. The molecule has 144 valence electrons. The van der Waals surface area contributed by atoms with Crippen molar-refractivity contribution in [1.82, 2.24) is 20.2 Å². The van der Waals surface area contributed by atoms with Gasteiger partial charge in [0, 0.05) is 37.3 Å². The molecule has 0 saturated carbocycles. The maximum Gasteiger partial charge on any atom is 0.318 e. The fourth-order valence-electron chi connectivity index (χ4n) is 3.03.